The van der Waals surface area contributed by atoms with Gasteiger partial charge in [-0.25, -0.2) is 0 Å². The van der Waals surface area contributed by atoms with Gasteiger partial charge in [0.2, 0.25) is 0 Å². The van der Waals surface area contributed by atoms with Gasteiger partial charge in [-0.05, 0) is 12.1 Å². The third kappa shape index (κ3) is 5.19. The van der Waals surface area contributed by atoms with Crippen LogP contribution in [-0.4, -0.2) is 35.8 Å². The fourth-order valence-corrected chi connectivity index (χ4v) is 1.58. The van der Waals surface area contributed by atoms with Crippen LogP contribution in [0.2, 0.25) is 0 Å². The molecule has 0 heterocycles. The highest BCUT2D eigenvalue weighted by atomic mass is 19.4. The fourth-order valence-electron chi connectivity index (χ4n) is 1.58. The molecule has 1 aromatic carbocycles. The molecule has 0 amide bonds. The Hall–Kier alpha value is -1.07. The molecule has 0 aliphatic carbocycles. The summed E-state index contributed by atoms with van der Waals surface area (Å²) in [7, 11) is 0. The van der Waals surface area contributed by atoms with Gasteiger partial charge in [-0.15, -0.1) is 0 Å². The Morgan fingerprint density at radius 3 is 2.29 bits per heavy atom. The van der Waals surface area contributed by atoms with Crippen LogP contribution in [0, 0.1) is 0 Å². The maximum atomic E-state index is 12.2. The van der Waals surface area contributed by atoms with Crippen LogP contribution < -0.4 is 0 Å². The lowest BCUT2D eigenvalue weighted by Crippen LogP contribution is -2.36. The zero-order valence-corrected chi connectivity index (χ0v) is 9.61. The van der Waals surface area contributed by atoms with E-state index in [2.05, 4.69) is 0 Å². The van der Waals surface area contributed by atoms with Crippen LogP contribution in [0.1, 0.15) is 18.6 Å². The van der Waals surface area contributed by atoms with E-state index in [9.17, 15) is 18.3 Å². The molecule has 5 heteroatoms. The van der Waals surface area contributed by atoms with E-state index >= 15 is 0 Å². The van der Waals surface area contributed by atoms with Gasteiger partial charge in [-0.1, -0.05) is 37.3 Å². The van der Waals surface area contributed by atoms with E-state index in [-0.39, 0.29) is 13.1 Å². The smallest absolute Gasteiger partial charge is 0.387 e. The summed E-state index contributed by atoms with van der Waals surface area (Å²) in [6, 6.07) is 8.69. The zero-order chi connectivity index (χ0) is 12.9. The van der Waals surface area contributed by atoms with Crippen LogP contribution in [0.25, 0.3) is 0 Å². The lowest BCUT2D eigenvalue weighted by atomic mass is 10.1. The number of nitrogens with zero attached hydrogens (tertiary/aromatic N) is 1. The number of alkyl halides is 3. The molecule has 0 aliphatic rings. The van der Waals surface area contributed by atoms with E-state index in [1.54, 1.807) is 37.3 Å². The van der Waals surface area contributed by atoms with E-state index in [0.717, 1.165) is 0 Å². The molecule has 0 spiro atoms. The van der Waals surface area contributed by atoms with Gasteiger partial charge in [0.05, 0.1) is 12.6 Å². The van der Waals surface area contributed by atoms with Crippen molar-refractivity contribution in [1.29, 1.82) is 0 Å². The molecule has 1 rings (SSSR count). The molecule has 0 aliphatic heterocycles. The molecular weight excluding hydrogens is 231 g/mol. The van der Waals surface area contributed by atoms with Gasteiger partial charge in [-0.3, -0.25) is 4.90 Å². The number of hydrogen-bond acceptors (Lipinski definition) is 2. The van der Waals surface area contributed by atoms with Crippen LogP contribution >= 0.6 is 0 Å². The summed E-state index contributed by atoms with van der Waals surface area (Å²) in [5, 5.41) is 9.81. The van der Waals surface area contributed by atoms with Crippen molar-refractivity contribution in [2.45, 2.75) is 19.2 Å². The van der Waals surface area contributed by atoms with Crippen molar-refractivity contribution in [3.05, 3.63) is 35.9 Å². The monoisotopic (exact) mass is 247 g/mol. The van der Waals surface area contributed by atoms with E-state index < -0.39 is 18.8 Å². The number of halogens is 3. The van der Waals surface area contributed by atoms with Gasteiger partial charge in [0, 0.05) is 6.54 Å². The summed E-state index contributed by atoms with van der Waals surface area (Å²) < 4.78 is 36.7. The molecule has 0 fully saturated rings. The van der Waals surface area contributed by atoms with Crippen molar-refractivity contribution in [2.24, 2.45) is 0 Å². The highest BCUT2D eigenvalue weighted by molar-refractivity contribution is 5.17. The van der Waals surface area contributed by atoms with Crippen LogP contribution in [0.15, 0.2) is 30.3 Å². The standard InChI is InChI=1S/C12H16F3NO/c1-2-16(9-12(13,14)15)8-11(17)10-6-4-3-5-7-10/h3-7,11,17H,2,8-9H2,1H3. The Kier molecular flexibility index (Phi) is 4.96. The van der Waals surface area contributed by atoms with Crippen LogP contribution in [-0.2, 0) is 0 Å². The highest BCUT2D eigenvalue weighted by Crippen LogP contribution is 2.19. The SMILES string of the molecule is CCN(CC(O)c1ccccc1)CC(F)(F)F. The molecule has 0 saturated carbocycles. The molecule has 1 aromatic rings. The van der Waals surface area contributed by atoms with Gasteiger partial charge in [-0.2, -0.15) is 13.2 Å². The Bertz CT molecular complexity index is 326. The van der Waals surface area contributed by atoms with Crippen LogP contribution in [0.4, 0.5) is 13.2 Å². The van der Waals surface area contributed by atoms with Crippen LogP contribution in [0.3, 0.4) is 0 Å². The van der Waals surface area contributed by atoms with Gasteiger partial charge in [0.1, 0.15) is 0 Å². The number of aliphatic hydroxyl groups is 1. The number of rotatable bonds is 5. The maximum Gasteiger partial charge on any atom is 0.401 e. The second-order valence-electron chi connectivity index (χ2n) is 3.87. The minimum atomic E-state index is -4.23. The Morgan fingerprint density at radius 2 is 1.82 bits per heavy atom. The van der Waals surface area contributed by atoms with Crippen molar-refractivity contribution < 1.29 is 18.3 Å². The number of benzene rings is 1. The van der Waals surface area contributed by atoms with Crippen molar-refractivity contribution in [3.8, 4) is 0 Å². The Balaban J connectivity index is 2.57. The average molecular weight is 247 g/mol. The molecule has 0 radical (unpaired) electrons. The average Bonchev–Trinajstić information content (AvgIpc) is 2.27. The van der Waals surface area contributed by atoms with E-state index in [4.69, 9.17) is 0 Å². The van der Waals surface area contributed by atoms with Crippen molar-refractivity contribution in [3.63, 3.8) is 0 Å². The van der Waals surface area contributed by atoms with Crippen molar-refractivity contribution in [1.82, 2.24) is 4.90 Å². The molecule has 0 bridgehead atoms. The topological polar surface area (TPSA) is 23.5 Å². The molecule has 0 aromatic heterocycles. The summed E-state index contributed by atoms with van der Waals surface area (Å²) in [5.41, 5.74) is 0.633. The quantitative estimate of drug-likeness (QED) is 0.864. The molecule has 0 saturated heterocycles. The second-order valence-corrected chi connectivity index (χ2v) is 3.87. The fraction of sp³-hybridized carbons (Fsp3) is 0.500. The first-order chi connectivity index (χ1) is 7.92. The predicted octanol–water partition coefficient (Wildman–Crippen LogP) is 2.60. The summed E-state index contributed by atoms with van der Waals surface area (Å²) in [5.74, 6) is 0. The van der Waals surface area contributed by atoms with Crippen molar-refractivity contribution >= 4 is 0 Å². The molecule has 1 unspecified atom stereocenters. The summed E-state index contributed by atoms with van der Waals surface area (Å²) in [6.45, 7) is 0.889. The van der Waals surface area contributed by atoms with Gasteiger partial charge < -0.3 is 5.11 Å². The zero-order valence-electron chi connectivity index (χ0n) is 9.61. The normalized spacial score (nSPS) is 14.0. The highest BCUT2D eigenvalue weighted by Gasteiger charge is 2.30. The first-order valence-corrected chi connectivity index (χ1v) is 5.44. The number of aliphatic hydroxyl groups excluding tert-OH is 1. The molecule has 2 nitrogen and oxygen atoms in total. The Labute approximate surface area is 98.7 Å². The minimum Gasteiger partial charge on any atom is -0.387 e. The first-order valence-electron chi connectivity index (χ1n) is 5.44. The van der Waals surface area contributed by atoms with Crippen LogP contribution in [0.5, 0.6) is 0 Å². The lowest BCUT2D eigenvalue weighted by molar-refractivity contribution is -0.148. The summed E-state index contributed by atoms with van der Waals surface area (Å²) >= 11 is 0. The largest absolute Gasteiger partial charge is 0.401 e. The Morgan fingerprint density at radius 1 is 1.24 bits per heavy atom. The minimum absolute atomic E-state index is 0.0139. The van der Waals surface area contributed by atoms with E-state index in [1.807, 2.05) is 0 Å². The molecule has 1 N–H and O–H groups in total. The lowest BCUT2D eigenvalue weighted by Gasteiger charge is -2.24. The molecular formula is C12H16F3NO. The first kappa shape index (κ1) is 14.0. The van der Waals surface area contributed by atoms with Crippen molar-refractivity contribution in [2.75, 3.05) is 19.6 Å². The maximum absolute atomic E-state index is 12.2. The summed E-state index contributed by atoms with van der Waals surface area (Å²) in [4.78, 5) is 1.18. The number of likely N-dealkylation sites (N-methyl/N-ethyl adjacent to an activating group) is 1. The van der Waals surface area contributed by atoms with Gasteiger partial charge in [0.15, 0.2) is 0 Å². The second kappa shape index (κ2) is 6.02. The third-order valence-electron chi connectivity index (χ3n) is 2.47. The third-order valence-corrected chi connectivity index (χ3v) is 2.47. The van der Waals surface area contributed by atoms with Gasteiger partial charge >= 0.3 is 6.18 Å². The summed E-state index contributed by atoms with van der Waals surface area (Å²) in [6.07, 6.45) is -5.12. The molecule has 1 atom stereocenters. The predicted molar refractivity (Wildman–Crippen MR) is 59.6 cm³/mol. The molecule has 96 valence electrons. The van der Waals surface area contributed by atoms with E-state index in [1.165, 1.54) is 4.90 Å². The molecule has 17 heavy (non-hydrogen) atoms. The van der Waals surface area contributed by atoms with E-state index in [0.29, 0.717) is 5.56 Å². The van der Waals surface area contributed by atoms with Gasteiger partial charge in [0.25, 0.3) is 0 Å². The number of hydrogen-bond donors (Lipinski definition) is 1.